The Morgan fingerprint density at radius 1 is 1.20 bits per heavy atom. The van der Waals surface area contributed by atoms with E-state index in [0.717, 1.165) is 38.1 Å². The van der Waals surface area contributed by atoms with Crippen LogP contribution in [-0.2, 0) is 4.79 Å². The maximum absolute atomic E-state index is 12.7. The summed E-state index contributed by atoms with van der Waals surface area (Å²) in [4.78, 5) is 12.7. The topological polar surface area (TPSA) is 55.1 Å². The zero-order valence-corrected chi connectivity index (χ0v) is 13.3. The number of carbonyl (C=O) groups is 1. The average Bonchev–Trinajstić information content (AvgIpc) is 2.95. The molecule has 116 valence electrons. The first kappa shape index (κ1) is 15.8. The van der Waals surface area contributed by atoms with Crippen LogP contribution in [0.15, 0.2) is 0 Å². The summed E-state index contributed by atoms with van der Waals surface area (Å²) in [6.45, 7) is 5.91. The van der Waals surface area contributed by atoms with Crippen molar-refractivity contribution in [2.45, 2.75) is 71.6 Å². The number of nitrogens with two attached hydrogens (primary N) is 1. The van der Waals surface area contributed by atoms with Gasteiger partial charge in [-0.3, -0.25) is 4.79 Å². The van der Waals surface area contributed by atoms with Crippen LogP contribution in [0.4, 0.5) is 0 Å². The first-order chi connectivity index (χ1) is 9.56. The molecule has 0 spiro atoms. The van der Waals surface area contributed by atoms with E-state index in [1.807, 2.05) is 0 Å². The lowest BCUT2D eigenvalue weighted by atomic mass is 9.70. The maximum atomic E-state index is 12.7. The van der Waals surface area contributed by atoms with Crippen molar-refractivity contribution in [1.82, 2.24) is 5.32 Å². The summed E-state index contributed by atoms with van der Waals surface area (Å²) < 4.78 is 0. The zero-order chi connectivity index (χ0) is 14.6. The third-order valence-electron chi connectivity index (χ3n) is 6.14. The smallest absolute Gasteiger partial charge is 0.227 e. The van der Waals surface area contributed by atoms with E-state index in [9.17, 15) is 4.79 Å². The lowest BCUT2D eigenvalue weighted by molar-refractivity contribution is -0.133. The highest BCUT2D eigenvalue weighted by Crippen LogP contribution is 2.41. The molecule has 0 radical (unpaired) electrons. The number of hydrogen-bond acceptors (Lipinski definition) is 2. The molecule has 0 aromatic rings. The van der Waals surface area contributed by atoms with E-state index >= 15 is 0 Å². The van der Waals surface area contributed by atoms with Gasteiger partial charge in [-0.05, 0) is 56.3 Å². The van der Waals surface area contributed by atoms with Crippen LogP contribution in [0.3, 0.4) is 0 Å². The Hall–Kier alpha value is -0.570. The number of hydrogen-bond donors (Lipinski definition) is 2. The monoisotopic (exact) mass is 280 g/mol. The van der Waals surface area contributed by atoms with Crippen molar-refractivity contribution in [2.24, 2.45) is 22.5 Å². The molecule has 0 aromatic carbocycles. The summed E-state index contributed by atoms with van der Waals surface area (Å²) >= 11 is 0. The van der Waals surface area contributed by atoms with Crippen LogP contribution in [0.5, 0.6) is 0 Å². The Bertz CT molecular complexity index is 326. The first-order valence-electron chi connectivity index (χ1n) is 8.54. The highest BCUT2D eigenvalue weighted by atomic mass is 16.2. The molecule has 0 aliphatic heterocycles. The SMILES string of the molecule is CCC1(CNC(=O)C2(CN)CCC(C)CC2)CCCC1. The average molecular weight is 280 g/mol. The van der Waals surface area contributed by atoms with Gasteiger partial charge in [0.05, 0.1) is 5.41 Å². The zero-order valence-electron chi connectivity index (χ0n) is 13.3. The number of rotatable bonds is 5. The molecule has 3 N–H and O–H groups in total. The quantitative estimate of drug-likeness (QED) is 0.812. The fraction of sp³-hybridized carbons (Fsp3) is 0.941. The largest absolute Gasteiger partial charge is 0.355 e. The third-order valence-corrected chi connectivity index (χ3v) is 6.14. The van der Waals surface area contributed by atoms with Crippen molar-refractivity contribution >= 4 is 5.91 Å². The first-order valence-corrected chi connectivity index (χ1v) is 8.54. The van der Waals surface area contributed by atoms with Gasteiger partial charge < -0.3 is 11.1 Å². The molecule has 0 atom stereocenters. The molecule has 3 nitrogen and oxygen atoms in total. The second kappa shape index (κ2) is 6.46. The Kier molecular flexibility index (Phi) is 5.11. The van der Waals surface area contributed by atoms with Crippen molar-refractivity contribution in [2.75, 3.05) is 13.1 Å². The van der Waals surface area contributed by atoms with Gasteiger partial charge in [0.2, 0.25) is 5.91 Å². The summed E-state index contributed by atoms with van der Waals surface area (Å²) in [7, 11) is 0. The standard InChI is InChI=1S/C17H32N2O/c1-3-16(8-4-5-9-16)13-19-15(20)17(12-18)10-6-14(2)7-11-17/h14H,3-13,18H2,1-2H3,(H,19,20). The molecule has 0 unspecified atom stereocenters. The molecule has 20 heavy (non-hydrogen) atoms. The van der Waals surface area contributed by atoms with E-state index in [0.29, 0.717) is 12.0 Å². The van der Waals surface area contributed by atoms with Gasteiger partial charge in [-0.2, -0.15) is 0 Å². The van der Waals surface area contributed by atoms with Crippen molar-refractivity contribution in [3.63, 3.8) is 0 Å². The lowest BCUT2D eigenvalue weighted by Crippen LogP contribution is -2.50. The second-order valence-corrected chi connectivity index (χ2v) is 7.41. The minimum atomic E-state index is -0.278. The molecule has 0 aromatic heterocycles. The Morgan fingerprint density at radius 2 is 1.80 bits per heavy atom. The van der Waals surface area contributed by atoms with Gasteiger partial charge in [0.15, 0.2) is 0 Å². The molecule has 2 aliphatic carbocycles. The fourth-order valence-corrected chi connectivity index (χ4v) is 4.07. The van der Waals surface area contributed by atoms with Crippen LogP contribution < -0.4 is 11.1 Å². The van der Waals surface area contributed by atoms with E-state index in [-0.39, 0.29) is 11.3 Å². The molecule has 2 rings (SSSR count). The Labute approximate surface area is 124 Å². The molecular weight excluding hydrogens is 248 g/mol. The predicted octanol–water partition coefficient (Wildman–Crippen LogP) is 3.23. The molecule has 2 saturated carbocycles. The Morgan fingerprint density at radius 3 is 2.30 bits per heavy atom. The van der Waals surface area contributed by atoms with Crippen molar-refractivity contribution in [1.29, 1.82) is 0 Å². The minimum Gasteiger partial charge on any atom is -0.355 e. The summed E-state index contributed by atoms with van der Waals surface area (Å²) in [6, 6.07) is 0. The van der Waals surface area contributed by atoms with Crippen molar-refractivity contribution < 1.29 is 4.79 Å². The second-order valence-electron chi connectivity index (χ2n) is 7.41. The summed E-state index contributed by atoms with van der Waals surface area (Å²) in [5.74, 6) is 0.978. The van der Waals surface area contributed by atoms with Gasteiger partial charge in [-0.1, -0.05) is 26.7 Å². The number of carbonyl (C=O) groups excluding carboxylic acids is 1. The molecular formula is C17H32N2O. The highest BCUT2D eigenvalue weighted by molar-refractivity contribution is 5.83. The van der Waals surface area contributed by atoms with Crippen LogP contribution in [0.1, 0.15) is 71.6 Å². The van der Waals surface area contributed by atoms with Crippen molar-refractivity contribution in [3.05, 3.63) is 0 Å². The highest BCUT2D eigenvalue weighted by Gasteiger charge is 2.41. The van der Waals surface area contributed by atoms with Crippen LogP contribution in [0, 0.1) is 16.7 Å². The molecule has 1 amide bonds. The van der Waals surface area contributed by atoms with E-state index in [1.54, 1.807) is 0 Å². The number of amides is 1. The van der Waals surface area contributed by atoms with E-state index in [4.69, 9.17) is 5.73 Å². The molecule has 2 aliphatic rings. The van der Waals surface area contributed by atoms with Crippen molar-refractivity contribution in [3.8, 4) is 0 Å². The number of nitrogens with one attached hydrogen (secondary N) is 1. The van der Waals surface area contributed by atoms with Gasteiger partial charge in [0.1, 0.15) is 0 Å². The van der Waals surface area contributed by atoms with E-state index < -0.39 is 0 Å². The van der Waals surface area contributed by atoms with Gasteiger partial charge in [0, 0.05) is 13.1 Å². The van der Waals surface area contributed by atoms with Gasteiger partial charge >= 0.3 is 0 Å². The summed E-state index contributed by atoms with van der Waals surface area (Å²) in [5.41, 5.74) is 6.06. The minimum absolute atomic E-state index is 0.228. The van der Waals surface area contributed by atoms with Crippen LogP contribution in [0.25, 0.3) is 0 Å². The molecule has 0 heterocycles. The summed E-state index contributed by atoms with van der Waals surface area (Å²) in [5, 5.41) is 3.27. The lowest BCUT2D eigenvalue weighted by Gasteiger charge is -2.38. The summed E-state index contributed by atoms with van der Waals surface area (Å²) in [6.07, 6.45) is 10.6. The Balaban J connectivity index is 1.92. The fourth-order valence-electron chi connectivity index (χ4n) is 4.07. The van der Waals surface area contributed by atoms with Crippen LogP contribution >= 0.6 is 0 Å². The molecule has 3 heteroatoms. The third kappa shape index (κ3) is 3.19. The molecule has 0 bridgehead atoms. The maximum Gasteiger partial charge on any atom is 0.227 e. The van der Waals surface area contributed by atoms with Crippen LogP contribution in [-0.4, -0.2) is 19.0 Å². The molecule has 2 fully saturated rings. The van der Waals surface area contributed by atoms with E-state index in [2.05, 4.69) is 19.2 Å². The molecule has 0 saturated heterocycles. The predicted molar refractivity (Wildman–Crippen MR) is 83.3 cm³/mol. The normalized spacial score (nSPS) is 33.0. The van der Waals surface area contributed by atoms with Gasteiger partial charge in [0.25, 0.3) is 0 Å². The van der Waals surface area contributed by atoms with Crippen LogP contribution in [0.2, 0.25) is 0 Å². The van der Waals surface area contributed by atoms with Gasteiger partial charge in [-0.15, -0.1) is 0 Å². The van der Waals surface area contributed by atoms with E-state index in [1.165, 1.54) is 32.1 Å². The van der Waals surface area contributed by atoms with Gasteiger partial charge in [-0.25, -0.2) is 0 Å².